The Morgan fingerprint density at radius 2 is 1.61 bits per heavy atom. The molecule has 23 heavy (non-hydrogen) atoms. The summed E-state index contributed by atoms with van der Waals surface area (Å²) in [7, 11) is 0. The third-order valence-electron chi connectivity index (χ3n) is 4.33. The average Bonchev–Trinajstić information content (AvgIpc) is 2.85. The Morgan fingerprint density at radius 1 is 0.957 bits per heavy atom. The summed E-state index contributed by atoms with van der Waals surface area (Å²) in [5.74, 6) is 0. The Balaban J connectivity index is 2.01. The first-order valence-corrected chi connectivity index (χ1v) is 8.10. The number of fused-ring (bicyclic) bond motifs is 1. The highest BCUT2D eigenvalue weighted by Gasteiger charge is 2.14. The molecule has 3 aromatic rings. The lowest BCUT2D eigenvalue weighted by atomic mass is 10.0. The number of imidazole rings is 1. The summed E-state index contributed by atoms with van der Waals surface area (Å²) in [5, 5.41) is 10.5. The van der Waals surface area contributed by atoms with Gasteiger partial charge in [-0.1, -0.05) is 36.4 Å². The van der Waals surface area contributed by atoms with Crippen molar-refractivity contribution in [1.82, 2.24) is 9.13 Å². The summed E-state index contributed by atoms with van der Waals surface area (Å²) in [6.45, 7) is 5.21. The monoisotopic (exact) mass is 310 g/mol. The molecule has 0 radical (unpaired) electrons. The van der Waals surface area contributed by atoms with Crippen molar-refractivity contribution in [3.8, 4) is 0 Å². The van der Waals surface area contributed by atoms with E-state index in [4.69, 9.17) is 0 Å². The van der Waals surface area contributed by atoms with E-state index in [0.29, 0.717) is 19.5 Å². The van der Waals surface area contributed by atoms with Crippen LogP contribution in [0.1, 0.15) is 31.1 Å². The zero-order valence-electron chi connectivity index (χ0n) is 13.6. The van der Waals surface area contributed by atoms with Crippen LogP contribution in [0.5, 0.6) is 0 Å². The molecule has 1 aromatic heterocycles. The lowest BCUT2D eigenvalue weighted by molar-refractivity contribution is 0.178. The van der Waals surface area contributed by atoms with E-state index in [9.17, 15) is 9.90 Å². The fourth-order valence-electron chi connectivity index (χ4n) is 3.11. The summed E-state index contributed by atoms with van der Waals surface area (Å²) < 4.78 is 3.53. The van der Waals surface area contributed by atoms with Crippen LogP contribution in [0.25, 0.3) is 11.0 Å². The molecule has 0 saturated carbocycles. The SMILES string of the molecule is CCn1c(=O)n(CC)c2cc(C(O)Cc3ccccc3)ccc21. The van der Waals surface area contributed by atoms with Gasteiger partial charge in [-0.05, 0) is 37.1 Å². The highest BCUT2D eigenvalue weighted by molar-refractivity contribution is 5.77. The number of aliphatic hydroxyl groups is 1. The van der Waals surface area contributed by atoms with E-state index in [1.807, 2.05) is 62.4 Å². The first-order valence-electron chi connectivity index (χ1n) is 8.10. The van der Waals surface area contributed by atoms with Crippen LogP contribution in [0.2, 0.25) is 0 Å². The van der Waals surface area contributed by atoms with Crippen molar-refractivity contribution in [2.45, 2.75) is 39.5 Å². The van der Waals surface area contributed by atoms with Crippen molar-refractivity contribution >= 4 is 11.0 Å². The first-order chi connectivity index (χ1) is 11.2. The molecule has 1 heterocycles. The van der Waals surface area contributed by atoms with Crippen LogP contribution >= 0.6 is 0 Å². The van der Waals surface area contributed by atoms with Gasteiger partial charge in [0.15, 0.2) is 0 Å². The van der Waals surface area contributed by atoms with Crippen molar-refractivity contribution < 1.29 is 5.11 Å². The Hall–Kier alpha value is -2.33. The van der Waals surface area contributed by atoms with Crippen molar-refractivity contribution in [2.24, 2.45) is 0 Å². The van der Waals surface area contributed by atoms with E-state index in [-0.39, 0.29) is 5.69 Å². The van der Waals surface area contributed by atoms with Gasteiger partial charge in [0.25, 0.3) is 0 Å². The lowest BCUT2D eigenvalue weighted by Crippen LogP contribution is -2.23. The molecular weight excluding hydrogens is 288 g/mol. The van der Waals surface area contributed by atoms with Crippen LogP contribution in [0, 0.1) is 0 Å². The minimum atomic E-state index is -0.577. The molecule has 4 heteroatoms. The molecule has 0 bridgehead atoms. The molecule has 120 valence electrons. The Morgan fingerprint density at radius 3 is 2.26 bits per heavy atom. The summed E-state index contributed by atoms with van der Waals surface area (Å²) in [5.41, 5.74) is 3.77. The van der Waals surface area contributed by atoms with Crippen molar-refractivity contribution in [3.63, 3.8) is 0 Å². The van der Waals surface area contributed by atoms with Gasteiger partial charge in [0.1, 0.15) is 0 Å². The normalized spacial score (nSPS) is 12.7. The van der Waals surface area contributed by atoms with E-state index in [0.717, 1.165) is 22.2 Å². The van der Waals surface area contributed by atoms with Crippen LogP contribution in [-0.4, -0.2) is 14.2 Å². The molecule has 0 spiro atoms. The molecule has 0 aliphatic carbocycles. The van der Waals surface area contributed by atoms with Crippen molar-refractivity contribution in [3.05, 3.63) is 70.1 Å². The largest absolute Gasteiger partial charge is 0.388 e. The maximum absolute atomic E-state index is 12.4. The predicted octanol–water partition coefficient (Wildman–Crippen LogP) is 3.12. The molecule has 0 aliphatic rings. The maximum atomic E-state index is 12.4. The molecule has 2 aromatic carbocycles. The van der Waals surface area contributed by atoms with Gasteiger partial charge in [-0.25, -0.2) is 4.79 Å². The molecule has 0 aliphatic heterocycles. The molecule has 4 nitrogen and oxygen atoms in total. The van der Waals surface area contributed by atoms with Gasteiger partial charge in [-0.3, -0.25) is 9.13 Å². The minimum Gasteiger partial charge on any atom is -0.388 e. The number of aliphatic hydroxyl groups excluding tert-OH is 1. The minimum absolute atomic E-state index is 0.0136. The van der Waals surface area contributed by atoms with Gasteiger partial charge in [0.2, 0.25) is 0 Å². The zero-order chi connectivity index (χ0) is 16.4. The number of rotatable bonds is 5. The lowest BCUT2D eigenvalue weighted by Gasteiger charge is -2.12. The molecule has 1 atom stereocenters. The second-order valence-electron chi connectivity index (χ2n) is 5.72. The second-order valence-corrected chi connectivity index (χ2v) is 5.72. The zero-order valence-corrected chi connectivity index (χ0v) is 13.6. The third-order valence-corrected chi connectivity index (χ3v) is 4.33. The number of nitrogens with zero attached hydrogens (tertiary/aromatic N) is 2. The molecule has 1 N–H and O–H groups in total. The molecule has 1 unspecified atom stereocenters. The van der Waals surface area contributed by atoms with Crippen LogP contribution in [0.15, 0.2) is 53.3 Å². The van der Waals surface area contributed by atoms with Crippen LogP contribution in [0.3, 0.4) is 0 Å². The fraction of sp³-hybridized carbons (Fsp3) is 0.316. The van der Waals surface area contributed by atoms with Gasteiger partial charge in [-0.2, -0.15) is 0 Å². The number of benzene rings is 2. The fourth-order valence-corrected chi connectivity index (χ4v) is 3.11. The topological polar surface area (TPSA) is 47.2 Å². The molecule has 0 fully saturated rings. The molecule has 0 saturated heterocycles. The first kappa shape index (κ1) is 15.6. The van der Waals surface area contributed by atoms with Crippen molar-refractivity contribution in [1.29, 1.82) is 0 Å². The number of hydrogen-bond donors (Lipinski definition) is 1. The highest BCUT2D eigenvalue weighted by Crippen LogP contribution is 2.23. The van der Waals surface area contributed by atoms with Crippen molar-refractivity contribution in [2.75, 3.05) is 0 Å². The summed E-state index contributed by atoms with van der Waals surface area (Å²) in [6, 6.07) is 15.7. The van der Waals surface area contributed by atoms with E-state index < -0.39 is 6.10 Å². The predicted molar refractivity (Wildman–Crippen MR) is 92.7 cm³/mol. The van der Waals surface area contributed by atoms with E-state index in [2.05, 4.69) is 0 Å². The van der Waals surface area contributed by atoms with Crippen LogP contribution < -0.4 is 5.69 Å². The second kappa shape index (κ2) is 6.42. The smallest absolute Gasteiger partial charge is 0.329 e. The molecule has 3 rings (SSSR count). The van der Waals surface area contributed by atoms with Gasteiger partial charge in [-0.15, -0.1) is 0 Å². The van der Waals surface area contributed by atoms with Gasteiger partial charge >= 0.3 is 5.69 Å². The van der Waals surface area contributed by atoms with Gasteiger partial charge in [0, 0.05) is 19.5 Å². The Kier molecular flexibility index (Phi) is 4.35. The third kappa shape index (κ3) is 2.82. The standard InChI is InChI=1S/C19H22N2O2/c1-3-20-16-11-10-15(13-17(16)21(4-2)19(20)23)18(22)12-14-8-6-5-7-9-14/h5-11,13,18,22H,3-4,12H2,1-2H3. The molecule has 0 amide bonds. The van der Waals surface area contributed by atoms with E-state index in [1.165, 1.54) is 0 Å². The summed E-state index contributed by atoms with van der Waals surface area (Å²) >= 11 is 0. The Labute approximate surface area is 135 Å². The van der Waals surface area contributed by atoms with E-state index >= 15 is 0 Å². The summed E-state index contributed by atoms with van der Waals surface area (Å²) in [6.07, 6.45) is -0.0100. The number of aromatic nitrogens is 2. The maximum Gasteiger partial charge on any atom is 0.329 e. The van der Waals surface area contributed by atoms with E-state index in [1.54, 1.807) is 9.13 Å². The average molecular weight is 310 g/mol. The summed E-state index contributed by atoms with van der Waals surface area (Å²) in [4.78, 5) is 12.4. The quantitative estimate of drug-likeness (QED) is 0.787. The van der Waals surface area contributed by atoms with Gasteiger partial charge in [0.05, 0.1) is 17.1 Å². The van der Waals surface area contributed by atoms with Gasteiger partial charge < -0.3 is 5.11 Å². The molecular formula is C19H22N2O2. The number of hydrogen-bond acceptors (Lipinski definition) is 2. The Bertz CT molecular complexity index is 862. The number of aryl methyl sites for hydroxylation is 2. The van der Waals surface area contributed by atoms with Crippen LogP contribution in [-0.2, 0) is 19.5 Å². The highest BCUT2D eigenvalue weighted by atomic mass is 16.3. The van der Waals surface area contributed by atoms with Crippen LogP contribution in [0.4, 0.5) is 0 Å².